The van der Waals surface area contributed by atoms with Crippen LogP contribution < -0.4 is 15.8 Å². The second-order valence-electron chi connectivity index (χ2n) is 4.40. The van der Waals surface area contributed by atoms with Crippen LogP contribution in [-0.4, -0.2) is 44.6 Å². The summed E-state index contributed by atoms with van der Waals surface area (Å²) in [6.07, 6.45) is 0. The van der Waals surface area contributed by atoms with E-state index in [1.807, 2.05) is 44.1 Å². The van der Waals surface area contributed by atoms with Crippen molar-refractivity contribution in [3.63, 3.8) is 0 Å². The van der Waals surface area contributed by atoms with Crippen molar-refractivity contribution in [2.24, 2.45) is 5.73 Å². The molecule has 0 heterocycles. The number of hydrogen-bond donors (Lipinski definition) is 2. The van der Waals surface area contributed by atoms with Crippen molar-refractivity contribution >= 4 is 36.4 Å². The topological polar surface area (TPSA) is 67.6 Å². The van der Waals surface area contributed by atoms with Crippen LogP contribution in [-0.2, 0) is 4.79 Å². The van der Waals surface area contributed by atoms with Crippen molar-refractivity contribution in [1.82, 2.24) is 4.90 Å². The van der Waals surface area contributed by atoms with E-state index in [1.54, 1.807) is 0 Å². The molecule has 1 aromatic rings. The molecule has 0 fully saturated rings. The number of aryl methyl sites for hydroxylation is 1. The number of carbonyl (C=O) groups excluding carboxylic acids is 1. The first-order chi connectivity index (χ1) is 8.52. The SMILES string of the molecule is Cc1ccc(NC(=O)CN)c(OCCN(C)C)c1.Cl.Cl. The molecule has 0 radical (unpaired) electrons. The molecule has 0 bridgehead atoms. The zero-order valence-electron chi connectivity index (χ0n) is 12.0. The summed E-state index contributed by atoms with van der Waals surface area (Å²) in [5.41, 5.74) is 7.03. The summed E-state index contributed by atoms with van der Waals surface area (Å²) in [4.78, 5) is 13.3. The van der Waals surface area contributed by atoms with Gasteiger partial charge in [-0.2, -0.15) is 0 Å². The largest absolute Gasteiger partial charge is 0.490 e. The summed E-state index contributed by atoms with van der Waals surface area (Å²) in [7, 11) is 3.97. The van der Waals surface area contributed by atoms with Crippen LogP contribution in [0.2, 0.25) is 0 Å². The van der Waals surface area contributed by atoms with Crippen molar-refractivity contribution < 1.29 is 9.53 Å². The molecule has 0 atom stereocenters. The predicted molar refractivity (Wildman–Crippen MR) is 87.4 cm³/mol. The second kappa shape index (κ2) is 10.7. The first-order valence-electron chi connectivity index (χ1n) is 5.91. The second-order valence-corrected chi connectivity index (χ2v) is 4.40. The summed E-state index contributed by atoms with van der Waals surface area (Å²) in [6, 6.07) is 5.65. The molecule has 1 amide bonds. The number of halogens is 2. The van der Waals surface area contributed by atoms with E-state index in [0.29, 0.717) is 18.0 Å². The maximum atomic E-state index is 11.3. The zero-order chi connectivity index (χ0) is 13.5. The molecule has 116 valence electrons. The number of likely N-dealkylation sites (N-methyl/N-ethyl adjacent to an activating group) is 1. The third-order valence-corrected chi connectivity index (χ3v) is 2.39. The van der Waals surface area contributed by atoms with E-state index in [-0.39, 0.29) is 37.3 Å². The Bertz CT molecular complexity index is 415. The minimum atomic E-state index is -0.226. The minimum absolute atomic E-state index is 0. The van der Waals surface area contributed by atoms with E-state index in [4.69, 9.17) is 10.5 Å². The van der Waals surface area contributed by atoms with Gasteiger partial charge in [-0.25, -0.2) is 0 Å². The molecule has 0 aliphatic rings. The molecule has 0 saturated carbocycles. The summed E-state index contributed by atoms with van der Waals surface area (Å²) in [5.74, 6) is 0.454. The Kier molecular flexibility index (Phi) is 11.4. The first-order valence-corrected chi connectivity index (χ1v) is 5.91. The third-order valence-electron chi connectivity index (χ3n) is 2.39. The molecule has 0 aromatic heterocycles. The van der Waals surface area contributed by atoms with Gasteiger partial charge in [-0.05, 0) is 38.7 Å². The highest BCUT2D eigenvalue weighted by Gasteiger charge is 2.07. The van der Waals surface area contributed by atoms with Crippen molar-refractivity contribution in [1.29, 1.82) is 0 Å². The Morgan fingerprint density at radius 2 is 2.00 bits per heavy atom. The molecular formula is C13H23Cl2N3O2. The molecule has 0 aliphatic heterocycles. The predicted octanol–water partition coefficient (Wildman–Crippen LogP) is 1.68. The van der Waals surface area contributed by atoms with Gasteiger partial charge in [0.15, 0.2) is 0 Å². The highest BCUT2D eigenvalue weighted by Crippen LogP contribution is 2.25. The summed E-state index contributed by atoms with van der Waals surface area (Å²) >= 11 is 0. The number of amides is 1. The Hall–Kier alpha value is -1.01. The quantitative estimate of drug-likeness (QED) is 0.835. The standard InChI is InChI=1S/C13H21N3O2.2ClH/c1-10-4-5-11(15-13(17)9-14)12(8-10)18-7-6-16(2)3;;/h4-5,8H,6-7,9,14H2,1-3H3,(H,15,17);2*1H. The van der Waals surface area contributed by atoms with Gasteiger partial charge >= 0.3 is 0 Å². The fourth-order valence-electron chi connectivity index (χ4n) is 1.39. The van der Waals surface area contributed by atoms with Gasteiger partial charge in [0, 0.05) is 6.54 Å². The average molecular weight is 324 g/mol. The number of anilines is 1. The van der Waals surface area contributed by atoms with Crippen LogP contribution in [0.5, 0.6) is 5.75 Å². The number of nitrogens with two attached hydrogens (primary N) is 1. The Morgan fingerprint density at radius 1 is 1.35 bits per heavy atom. The number of nitrogens with zero attached hydrogens (tertiary/aromatic N) is 1. The molecule has 7 heteroatoms. The lowest BCUT2D eigenvalue weighted by Gasteiger charge is -2.15. The number of hydrogen-bond acceptors (Lipinski definition) is 4. The molecule has 0 unspecified atom stereocenters. The maximum absolute atomic E-state index is 11.3. The number of carbonyl (C=O) groups is 1. The van der Waals surface area contributed by atoms with Crippen LogP contribution in [0.3, 0.4) is 0 Å². The van der Waals surface area contributed by atoms with Gasteiger partial charge in [-0.15, -0.1) is 24.8 Å². The van der Waals surface area contributed by atoms with Gasteiger partial charge in [0.05, 0.1) is 12.2 Å². The molecule has 1 aromatic carbocycles. The first kappa shape index (κ1) is 21.3. The van der Waals surface area contributed by atoms with Gasteiger partial charge in [0.25, 0.3) is 0 Å². The third kappa shape index (κ3) is 7.55. The molecule has 0 saturated heterocycles. The molecule has 3 N–H and O–H groups in total. The minimum Gasteiger partial charge on any atom is -0.490 e. The number of ether oxygens (including phenoxy) is 1. The molecule has 0 spiro atoms. The van der Waals surface area contributed by atoms with E-state index >= 15 is 0 Å². The highest BCUT2D eigenvalue weighted by atomic mass is 35.5. The van der Waals surface area contributed by atoms with Crippen LogP contribution in [0.15, 0.2) is 18.2 Å². The van der Waals surface area contributed by atoms with E-state index in [0.717, 1.165) is 12.1 Å². The Labute approximate surface area is 132 Å². The summed E-state index contributed by atoms with van der Waals surface area (Å²) < 4.78 is 5.68. The maximum Gasteiger partial charge on any atom is 0.238 e. The van der Waals surface area contributed by atoms with Crippen molar-refractivity contribution in [2.45, 2.75) is 6.92 Å². The summed E-state index contributed by atoms with van der Waals surface area (Å²) in [6.45, 7) is 3.33. The van der Waals surface area contributed by atoms with Crippen molar-refractivity contribution in [2.75, 3.05) is 39.1 Å². The van der Waals surface area contributed by atoms with Gasteiger partial charge in [-0.3, -0.25) is 4.79 Å². The molecule has 0 aliphatic carbocycles. The van der Waals surface area contributed by atoms with Gasteiger partial charge < -0.3 is 20.7 Å². The lowest BCUT2D eigenvalue weighted by Crippen LogP contribution is -2.23. The molecule has 1 rings (SSSR count). The van der Waals surface area contributed by atoms with Gasteiger partial charge in [-0.1, -0.05) is 6.07 Å². The van der Waals surface area contributed by atoms with Crippen LogP contribution >= 0.6 is 24.8 Å². The van der Waals surface area contributed by atoms with Gasteiger partial charge in [0.2, 0.25) is 5.91 Å². The average Bonchev–Trinajstić information content (AvgIpc) is 2.31. The fourth-order valence-corrected chi connectivity index (χ4v) is 1.39. The van der Waals surface area contributed by atoms with Crippen LogP contribution in [0.25, 0.3) is 0 Å². The van der Waals surface area contributed by atoms with Gasteiger partial charge in [0.1, 0.15) is 12.4 Å². The van der Waals surface area contributed by atoms with Crippen molar-refractivity contribution in [3.8, 4) is 5.75 Å². The zero-order valence-corrected chi connectivity index (χ0v) is 13.6. The Balaban J connectivity index is 0. The molecule has 5 nitrogen and oxygen atoms in total. The number of nitrogens with one attached hydrogen (secondary N) is 1. The van der Waals surface area contributed by atoms with Crippen molar-refractivity contribution in [3.05, 3.63) is 23.8 Å². The summed E-state index contributed by atoms with van der Waals surface area (Å²) in [5, 5.41) is 2.72. The lowest BCUT2D eigenvalue weighted by atomic mass is 10.2. The number of rotatable bonds is 6. The lowest BCUT2D eigenvalue weighted by molar-refractivity contribution is -0.114. The van der Waals surface area contributed by atoms with Crippen LogP contribution in [0.1, 0.15) is 5.56 Å². The highest BCUT2D eigenvalue weighted by molar-refractivity contribution is 5.93. The fraction of sp³-hybridized carbons (Fsp3) is 0.462. The van der Waals surface area contributed by atoms with E-state index in [2.05, 4.69) is 5.32 Å². The van der Waals surface area contributed by atoms with E-state index < -0.39 is 0 Å². The van der Waals surface area contributed by atoms with Crippen LogP contribution in [0, 0.1) is 6.92 Å². The smallest absolute Gasteiger partial charge is 0.238 e. The number of benzene rings is 1. The molecule has 20 heavy (non-hydrogen) atoms. The monoisotopic (exact) mass is 323 g/mol. The Morgan fingerprint density at radius 3 is 2.55 bits per heavy atom. The van der Waals surface area contributed by atoms with E-state index in [1.165, 1.54) is 0 Å². The molecular weight excluding hydrogens is 301 g/mol. The van der Waals surface area contributed by atoms with Crippen LogP contribution in [0.4, 0.5) is 5.69 Å². The normalized spacial score (nSPS) is 9.45. The van der Waals surface area contributed by atoms with E-state index in [9.17, 15) is 4.79 Å².